The molecule has 2 aromatic rings. The van der Waals surface area contributed by atoms with Crippen LogP contribution in [-0.4, -0.2) is 9.97 Å². The monoisotopic (exact) mass is 273 g/mol. The van der Waals surface area contributed by atoms with Crippen molar-refractivity contribution in [3.63, 3.8) is 0 Å². The summed E-state index contributed by atoms with van der Waals surface area (Å²) in [4.78, 5) is 8.40. The van der Waals surface area contributed by atoms with Crippen molar-refractivity contribution in [3.05, 3.63) is 35.9 Å². The van der Waals surface area contributed by atoms with E-state index in [0.717, 1.165) is 18.5 Å². The number of nitrogens with two attached hydrogens (primary N) is 2. The van der Waals surface area contributed by atoms with E-state index in [1.165, 1.54) is 5.56 Å². The van der Waals surface area contributed by atoms with Crippen LogP contribution in [0.5, 0.6) is 0 Å². The number of aromatic nitrogens is 2. The highest BCUT2D eigenvalue weighted by atomic mass is 15.3. The summed E-state index contributed by atoms with van der Waals surface area (Å²) in [6, 6.07) is 9.76. The van der Waals surface area contributed by atoms with Crippen molar-refractivity contribution >= 4 is 23.3 Å². The van der Waals surface area contributed by atoms with Crippen LogP contribution in [0.4, 0.5) is 23.3 Å². The Morgan fingerprint density at radius 1 is 1.00 bits per heavy atom. The number of hydrogen-bond acceptors (Lipinski definition) is 7. The molecule has 7 heteroatoms. The number of nitrogen functional groups attached to an aromatic ring is 2. The number of benzene rings is 1. The molecular weight excluding hydrogens is 254 g/mol. The standard InChI is InChI=1S/C13H19N7/c1-2-3-9-4-6-10(7-5-9)16-13-17-11(19-14)8-12(18-13)20-15/h4-8H,2-3,14-15H2,1H3,(H3,16,17,18,19,20). The van der Waals surface area contributed by atoms with Gasteiger partial charge in [0.15, 0.2) is 0 Å². The maximum Gasteiger partial charge on any atom is 0.231 e. The maximum absolute atomic E-state index is 5.35. The highest BCUT2D eigenvalue weighted by Gasteiger charge is 2.03. The van der Waals surface area contributed by atoms with E-state index in [1.54, 1.807) is 6.07 Å². The molecule has 0 aliphatic carbocycles. The van der Waals surface area contributed by atoms with Gasteiger partial charge >= 0.3 is 0 Å². The van der Waals surface area contributed by atoms with Gasteiger partial charge in [0.25, 0.3) is 0 Å². The lowest BCUT2D eigenvalue weighted by Gasteiger charge is -2.09. The van der Waals surface area contributed by atoms with Crippen LogP contribution in [0, 0.1) is 0 Å². The molecule has 2 rings (SSSR count). The molecule has 1 aromatic heterocycles. The molecule has 7 nitrogen and oxygen atoms in total. The number of nitrogens with one attached hydrogen (secondary N) is 3. The van der Waals surface area contributed by atoms with Gasteiger partial charge in [-0.25, -0.2) is 11.7 Å². The molecule has 7 N–H and O–H groups in total. The topological polar surface area (TPSA) is 114 Å². The Morgan fingerprint density at radius 3 is 2.10 bits per heavy atom. The van der Waals surface area contributed by atoms with Crippen molar-refractivity contribution in [2.75, 3.05) is 16.2 Å². The van der Waals surface area contributed by atoms with Gasteiger partial charge in [0.05, 0.1) is 0 Å². The van der Waals surface area contributed by atoms with Gasteiger partial charge in [-0.1, -0.05) is 25.5 Å². The third-order valence-corrected chi connectivity index (χ3v) is 2.77. The smallest absolute Gasteiger partial charge is 0.231 e. The summed E-state index contributed by atoms with van der Waals surface area (Å²) < 4.78 is 0. The molecule has 0 aliphatic heterocycles. The van der Waals surface area contributed by atoms with Crippen LogP contribution in [0.3, 0.4) is 0 Å². The Hall–Kier alpha value is -2.38. The lowest BCUT2D eigenvalue weighted by Crippen LogP contribution is -2.14. The molecule has 0 amide bonds. The number of hydrogen-bond donors (Lipinski definition) is 5. The Labute approximate surface area is 117 Å². The Balaban J connectivity index is 2.16. The van der Waals surface area contributed by atoms with E-state index in [9.17, 15) is 0 Å². The highest BCUT2D eigenvalue weighted by Crippen LogP contribution is 2.18. The van der Waals surface area contributed by atoms with Gasteiger partial charge in [-0.15, -0.1) is 0 Å². The fourth-order valence-electron chi connectivity index (χ4n) is 1.82. The highest BCUT2D eigenvalue weighted by molar-refractivity contribution is 5.58. The van der Waals surface area contributed by atoms with Crippen LogP contribution < -0.4 is 27.9 Å². The average molecular weight is 273 g/mol. The fraction of sp³-hybridized carbons (Fsp3) is 0.231. The van der Waals surface area contributed by atoms with Gasteiger partial charge in [0.1, 0.15) is 11.6 Å². The molecule has 0 aliphatic rings. The SMILES string of the molecule is CCCc1ccc(Nc2nc(NN)cc(NN)n2)cc1. The molecule has 0 fully saturated rings. The zero-order chi connectivity index (χ0) is 14.4. The van der Waals surface area contributed by atoms with Gasteiger partial charge in [-0.05, 0) is 24.1 Å². The van der Waals surface area contributed by atoms with E-state index in [1.807, 2.05) is 12.1 Å². The second kappa shape index (κ2) is 6.69. The van der Waals surface area contributed by atoms with E-state index in [4.69, 9.17) is 11.7 Å². The largest absolute Gasteiger partial charge is 0.324 e. The summed E-state index contributed by atoms with van der Waals surface area (Å²) in [5.74, 6) is 12.1. The first kappa shape index (κ1) is 14.0. The van der Waals surface area contributed by atoms with Gasteiger partial charge in [-0.2, -0.15) is 9.97 Å². The summed E-state index contributed by atoms with van der Waals surface area (Å²) in [5, 5.41) is 3.11. The van der Waals surface area contributed by atoms with Crippen LogP contribution in [0.2, 0.25) is 0 Å². The molecule has 0 unspecified atom stereocenters. The molecule has 0 radical (unpaired) electrons. The predicted octanol–water partition coefficient (Wildman–Crippen LogP) is 1.74. The van der Waals surface area contributed by atoms with E-state index in [2.05, 4.69) is 45.2 Å². The van der Waals surface area contributed by atoms with Crippen molar-refractivity contribution < 1.29 is 0 Å². The molecule has 0 atom stereocenters. The third-order valence-electron chi connectivity index (χ3n) is 2.77. The van der Waals surface area contributed by atoms with Crippen molar-refractivity contribution in [2.45, 2.75) is 19.8 Å². The first-order chi connectivity index (χ1) is 9.75. The lowest BCUT2D eigenvalue weighted by molar-refractivity contribution is 0.922. The van der Waals surface area contributed by atoms with Gasteiger partial charge in [0, 0.05) is 11.8 Å². The number of rotatable bonds is 6. The molecular formula is C13H19N7. The summed E-state index contributed by atoms with van der Waals surface area (Å²) in [7, 11) is 0. The molecule has 0 spiro atoms. The van der Waals surface area contributed by atoms with Crippen molar-refractivity contribution in [3.8, 4) is 0 Å². The second-order valence-electron chi connectivity index (χ2n) is 4.32. The normalized spacial score (nSPS) is 10.2. The van der Waals surface area contributed by atoms with E-state index in [-0.39, 0.29) is 0 Å². The molecule has 106 valence electrons. The first-order valence-corrected chi connectivity index (χ1v) is 6.43. The number of aryl methyl sites for hydroxylation is 1. The van der Waals surface area contributed by atoms with E-state index >= 15 is 0 Å². The number of hydrazine groups is 2. The van der Waals surface area contributed by atoms with Crippen LogP contribution in [0.25, 0.3) is 0 Å². The molecule has 0 saturated carbocycles. The van der Waals surface area contributed by atoms with E-state index in [0.29, 0.717) is 17.6 Å². The van der Waals surface area contributed by atoms with Gasteiger partial charge in [0.2, 0.25) is 5.95 Å². The first-order valence-electron chi connectivity index (χ1n) is 6.43. The zero-order valence-corrected chi connectivity index (χ0v) is 11.4. The Bertz CT molecular complexity index is 531. The quantitative estimate of drug-likeness (QED) is 0.402. The van der Waals surface area contributed by atoms with Gasteiger partial charge in [-0.3, -0.25) is 0 Å². The van der Waals surface area contributed by atoms with Gasteiger partial charge < -0.3 is 16.2 Å². The summed E-state index contributed by atoms with van der Waals surface area (Å²) >= 11 is 0. The zero-order valence-electron chi connectivity index (χ0n) is 11.4. The molecule has 20 heavy (non-hydrogen) atoms. The van der Waals surface area contributed by atoms with Crippen LogP contribution in [-0.2, 0) is 6.42 Å². The van der Waals surface area contributed by atoms with Crippen LogP contribution in [0.15, 0.2) is 30.3 Å². The maximum atomic E-state index is 5.35. The summed E-state index contributed by atoms with van der Waals surface area (Å²) in [6.45, 7) is 2.16. The summed E-state index contributed by atoms with van der Waals surface area (Å²) in [5.41, 5.74) is 7.14. The lowest BCUT2D eigenvalue weighted by atomic mass is 10.1. The van der Waals surface area contributed by atoms with Crippen LogP contribution >= 0.6 is 0 Å². The third kappa shape index (κ3) is 3.56. The minimum Gasteiger partial charge on any atom is -0.324 e. The number of anilines is 4. The molecule has 0 bridgehead atoms. The van der Waals surface area contributed by atoms with Crippen molar-refractivity contribution in [2.24, 2.45) is 11.7 Å². The minimum atomic E-state index is 0.414. The number of nitrogens with zero attached hydrogens (tertiary/aromatic N) is 2. The van der Waals surface area contributed by atoms with Crippen molar-refractivity contribution in [1.82, 2.24) is 9.97 Å². The summed E-state index contributed by atoms with van der Waals surface area (Å²) in [6.07, 6.45) is 2.20. The molecule has 0 saturated heterocycles. The average Bonchev–Trinajstić information content (AvgIpc) is 2.49. The van der Waals surface area contributed by atoms with Crippen LogP contribution in [0.1, 0.15) is 18.9 Å². The Kier molecular flexibility index (Phi) is 4.70. The Morgan fingerprint density at radius 2 is 1.60 bits per heavy atom. The predicted molar refractivity (Wildman–Crippen MR) is 81.4 cm³/mol. The minimum absolute atomic E-state index is 0.414. The van der Waals surface area contributed by atoms with E-state index < -0.39 is 0 Å². The second-order valence-corrected chi connectivity index (χ2v) is 4.32. The fourth-order valence-corrected chi connectivity index (χ4v) is 1.82. The molecule has 1 heterocycles. The van der Waals surface area contributed by atoms with Crippen molar-refractivity contribution in [1.29, 1.82) is 0 Å². The molecule has 1 aromatic carbocycles.